The van der Waals surface area contributed by atoms with E-state index < -0.39 is 20.4 Å². The first-order valence-corrected chi connectivity index (χ1v) is 18.1. The molecule has 4 aromatic rings. The summed E-state index contributed by atoms with van der Waals surface area (Å²) in [7, 11) is 4.21. The molecule has 1 heterocycles. The molecule has 0 aliphatic carbocycles. The molecular weight excluding hydrogens is 651 g/mol. The number of rotatable bonds is 14. The lowest BCUT2D eigenvalue weighted by atomic mass is 9.91. The Bertz CT molecular complexity index is 1850. The maximum Gasteiger partial charge on any atom is 0.341 e. The minimum atomic E-state index is -1.87. The molecule has 0 aromatic heterocycles. The average Bonchev–Trinajstić information content (AvgIpc) is 3.15. The summed E-state index contributed by atoms with van der Waals surface area (Å²) in [6, 6.07) is 24.8. The Balaban J connectivity index is 1.79. The molecular formula is C40H45N2O7P. The zero-order valence-electron chi connectivity index (χ0n) is 29.7. The van der Waals surface area contributed by atoms with Crippen molar-refractivity contribution in [2.75, 3.05) is 33.0 Å². The molecule has 5 rings (SSSR count). The molecule has 0 bridgehead atoms. The van der Waals surface area contributed by atoms with Crippen molar-refractivity contribution in [2.24, 2.45) is 0 Å². The Labute approximate surface area is 296 Å². The molecule has 0 saturated carbocycles. The number of aryl methyl sites for hydroxylation is 2. The number of para-hydroxylation sites is 1. The van der Waals surface area contributed by atoms with Crippen LogP contribution in [0.15, 0.2) is 78.9 Å². The normalized spacial score (nSPS) is 13.9. The molecule has 0 radical (unpaired) electrons. The summed E-state index contributed by atoms with van der Waals surface area (Å²) in [5, 5.41) is 0. The van der Waals surface area contributed by atoms with Crippen molar-refractivity contribution in [3.8, 4) is 22.6 Å². The molecule has 1 amide bonds. The number of ether oxygens (including phenoxy) is 3. The lowest BCUT2D eigenvalue weighted by Gasteiger charge is -2.41. The first-order chi connectivity index (χ1) is 24.3. The third-order valence-corrected chi connectivity index (χ3v) is 10.6. The number of nitrogens with zero attached hydrogens (tertiary/aromatic N) is 2. The quantitative estimate of drug-likeness (QED) is 0.0953. The second-order valence-corrected chi connectivity index (χ2v) is 13.9. The van der Waals surface area contributed by atoms with Crippen LogP contribution in [-0.2, 0) is 28.9 Å². The molecule has 4 aromatic carbocycles. The number of carbonyl (C=O) groups excluding carboxylic acids is 3. The van der Waals surface area contributed by atoms with E-state index in [2.05, 4.69) is 13.8 Å². The summed E-state index contributed by atoms with van der Waals surface area (Å²) in [4.78, 5) is 41.1. The van der Waals surface area contributed by atoms with Crippen molar-refractivity contribution in [1.82, 2.24) is 4.67 Å². The smallest absolute Gasteiger partial charge is 0.341 e. The third kappa shape index (κ3) is 7.63. The summed E-state index contributed by atoms with van der Waals surface area (Å²) in [6.07, 6.45) is 5.15. The van der Waals surface area contributed by atoms with E-state index in [4.69, 9.17) is 18.7 Å². The molecule has 50 heavy (non-hydrogen) atoms. The molecule has 1 aliphatic heterocycles. The van der Waals surface area contributed by atoms with E-state index in [1.54, 1.807) is 4.67 Å². The second-order valence-electron chi connectivity index (χ2n) is 12.2. The summed E-state index contributed by atoms with van der Waals surface area (Å²) < 4.78 is 27.2. The van der Waals surface area contributed by atoms with Crippen LogP contribution in [0.5, 0.6) is 11.5 Å². The van der Waals surface area contributed by atoms with Crippen LogP contribution < -0.4 is 13.9 Å². The summed E-state index contributed by atoms with van der Waals surface area (Å²) in [6.45, 7) is 4.50. The van der Waals surface area contributed by atoms with Gasteiger partial charge in [0.1, 0.15) is 22.6 Å². The number of fused-ring (bicyclic) bond motifs is 1. The van der Waals surface area contributed by atoms with Crippen molar-refractivity contribution < 1.29 is 33.1 Å². The summed E-state index contributed by atoms with van der Waals surface area (Å²) >= 11 is 0. The highest BCUT2D eigenvalue weighted by Gasteiger charge is 2.40. The zero-order valence-corrected chi connectivity index (χ0v) is 30.5. The van der Waals surface area contributed by atoms with Crippen LogP contribution >= 0.6 is 8.45 Å². The van der Waals surface area contributed by atoms with E-state index in [0.717, 1.165) is 54.5 Å². The van der Waals surface area contributed by atoms with Gasteiger partial charge in [0.25, 0.3) is 5.91 Å². The van der Waals surface area contributed by atoms with Gasteiger partial charge in [-0.25, -0.2) is 9.59 Å². The molecule has 0 spiro atoms. The molecule has 0 N–H and O–H groups in total. The van der Waals surface area contributed by atoms with Gasteiger partial charge < -0.3 is 23.4 Å². The van der Waals surface area contributed by atoms with Gasteiger partial charge in [0.05, 0.1) is 39.1 Å². The molecule has 262 valence electrons. The molecule has 9 nitrogen and oxygen atoms in total. The standard InChI is InChI=1S/C40H45N2O7P/c1-7-9-16-28-22-31(36(46-4)33(24-28)39(44)47-5)32-23-29(17-10-8-2)25-34(40(45)48-6)37(32)49-50-41(3)35-21-15-14-20-30(35)38(43)42(50)26-27-18-12-11-13-19-27/h11-15,18-25H,7-10,16-17,26H2,1-6H3. The van der Waals surface area contributed by atoms with E-state index in [9.17, 15) is 14.4 Å². The fourth-order valence-electron chi connectivity index (χ4n) is 6.16. The average molecular weight is 697 g/mol. The van der Waals surface area contributed by atoms with Crippen molar-refractivity contribution in [2.45, 2.75) is 58.9 Å². The van der Waals surface area contributed by atoms with Gasteiger partial charge in [0.15, 0.2) is 0 Å². The summed E-state index contributed by atoms with van der Waals surface area (Å²) in [5.41, 5.74) is 5.67. The van der Waals surface area contributed by atoms with Crippen LogP contribution in [0.25, 0.3) is 11.1 Å². The first kappa shape index (κ1) is 36.4. The van der Waals surface area contributed by atoms with E-state index in [1.165, 1.54) is 21.3 Å². The monoisotopic (exact) mass is 696 g/mol. The third-order valence-electron chi connectivity index (χ3n) is 8.77. The number of carbonyl (C=O) groups is 3. The van der Waals surface area contributed by atoms with Crippen molar-refractivity contribution in [1.29, 1.82) is 0 Å². The Morgan fingerprint density at radius 3 is 1.78 bits per heavy atom. The van der Waals surface area contributed by atoms with Crippen LogP contribution in [0.2, 0.25) is 0 Å². The Morgan fingerprint density at radius 1 is 0.680 bits per heavy atom. The van der Waals surface area contributed by atoms with Crippen LogP contribution in [0, 0.1) is 0 Å². The Morgan fingerprint density at radius 2 is 1.22 bits per heavy atom. The first-order valence-electron chi connectivity index (χ1n) is 17.0. The lowest BCUT2D eigenvalue weighted by molar-refractivity contribution is 0.0588. The van der Waals surface area contributed by atoms with Crippen LogP contribution in [-0.4, -0.2) is 50.9 Å². The number of unbranched alkanes of at least 4 members (excludes halogenated alkanes) is 2. The number of anilines is 1. The highest BCUT2D eigenvalue weighted by molar-refractivity contribution is 7.53. The predicted octanol–water partition coefficient (Wildman–Crippen LogP) is 9.02. The number of hydrogen-bond acceptors (Lipinski definition) is 8. The van der Waals surface area contributed by atoms with Gasteiger partial charge in [-0.3, -0.25) is 9.46 Å². The zero-order chi connectivity index (χ0) is 35.8. The predicted molar refractivity (Wildman–Crippen MR) is 197 cm³/mol. The maximum absolute atomic E-state index is 14.2. The summed E-state index contributed by atoms with van der Waals surface area (Å²) in [5.74, 6) is -0.752. The SMILES string of the molecule is CCCCc1cc(C(=O)OC)c(OC)c(-c2cc(CCCC)cc(C(=O)OC)c2OP2N(Cc3ccccc3)C(=O)c3ccccc3N2C)c1. The highest BCUT2D eigenvalue weighted by atomic mass is 31.2. The molecule has 0 saturated heterocycles. The van der Waals surface area contributed by atoms with Gasteiger partial charge in [0.2, 0.25) is 0 Å². The maximum atomic E-state index is 14.2. The highest BCUT2D eigenvalue weighted by Crippen LogP contribution is 2.56. The number of amides is 1. The molecule has 1 aliphatic rings. The van der Waals surface area contributed by atoms with Gasteiger partial charge in [-0.2, -0.15) is 0 Å². The fourth-order valence-corrected chi connectivity index (χ4v) is 7.97. The Kier molecular flexibility index (Phi) is 12.1. The van der Waals surface area contributed by atoms with Crippen molar-refractivity contribution in [3.05, 3.63) is 112 Å². The molecule has 0 fully saturated rings. The number of hydrogen-bond donors (Lipinski definition) is 0. The Hall–Kier alpha value is -4.88. The van der Waals surface area contributed by atoms with Gasteiger partial charge in [-0.05, 0) is 78.8 Å². The van der Waals surface area contributed by atoms with E-state index in [0.29, 0.717) is 28.9 Å². The van der Waals surface area contributed by atoms with Gasteiger partial charge in [0, 0.05) is 18.2 Å². The van der Waals surface area contributed by atoms with Gasteiger partial charge >= 0.3 is 20.4 Å². The van der Waals surface area contributed by atoms with Gasteiger partial charge in [-0.1, -0.05) is 69.2 Å². The minimum absolute atomic E-state index is 0.179. The van der Waals surface area contributed by atoms with Gasteiger partial charge in [-0.15, -0.1) is 0 Å². The molecule has 10 heteroatoms. The van der Waals surface area contributed by atoms with Crippen LogP contribution in [0.4, 0.5) is 5.69 Å². The van der Waals surface area contributed by atoms with Crippen LogP contribution in [0.1, 0.15) is 87.3 Å². The molecule has 1 atom stereocenters. The molecule has 1 unspecified atom stereocenters. The van der Waals surface area contributed by atoms with E-state index in [1.807, 2.05) is 90.6 Å². The van der Waals surface area contributed by atoms with E-state index in [-0.39, 0.29) is 29.3 Å². The number of esters is 2. The number of methoxy groups -OCH3 is 3. The topological polar surface area (TPSA) is 94.6 Å². The number of benzene rings is 4. The van der Waals surface area contributed by atoms with Crippen molar-refractivity contribution >= 4 is 32.0 Å². The van der Waals surface area contributed by atoms with E-state index >= 15 is 0 Å². The minimum Gasteiger partial charge on any atom is -0.495 e. The van der Waals surface area contributed by atoms with Crippen LogP contribution in [0.3, 0.4) is 0 Å². The van der Waals surface area contributed by atoms with Crippen molar-refractivity contribution in [3.63, 3.8) is 0 Å². The fraction of sp³-hybridized carbons (Fsp3) is 0.325. The lowest BCUT2D eigenvalue weighted by Crippen LogP contribution is -2.38. The largest absolute Gasteiger partial charge is 0.495 e. The second kappa shape index (κ2) is 16.7.